The largest absolute Gasteiger partial charge is 0.408 e. The summed E-state index contributed by atoms with van der Waals surface area (Å²) in [7, 11) is 0. The van der Waals surface area contributed by atoms with Crippen molar-refractivity contribution in [3.05, 3.63) is 27.7 Å². The monoisotopic (exact) mass is 436 g/mol. The van der Waals surface area contributed by atoms with Crippen molar-refractivity contribution in [3.63, 3.8) is 0 Å². The van der Waals surface area contributed by atoms with Crippen LogP contribution in [0, 0.1) is 5.92 Å². The normalized spacial score (nSPS) is 25.6. The third-order valence-corrected chi connectivity index (χ3v) is 7.70. The van der Waals surface area contributed by atoms with E-state index in [9.17, 15) is 18.0 Å². The van der Waals surface area contributed by atoms with Gasteiger partial charge < -0.3 is 0 Å². The highest BCUT2D eigenvalue weighted by Gasteiger charge is 2.46. The first-order valence-electron chi connectivity index (χ1n) is 11.9. The maximum atomic E-state index is 14.0. The Morgan fingerprint density at radius 2 is 1.74 bits per heavy atom. The third-order valence-electron chi connectivity index (χ3n) is 7.70. The highest BCUT2D eigenvalue weighted by molar-refractivity contribution is 5.81. The number of aromatic nitrogens is 3. The summed E-state index contributed by atoms with van der Waals surface area (Å²) >= 11 is 0. The van der Waals surface area contributed by atoms with E-state index in [4.69, 9.17) is 0 Å². The van der Waals surface area contributed by atoms with Crippen LogP contribution in [0.4, 0.5) is 13.2 Å². The number of nitrogens with one attached hydrogen (secondary N) is 1. The zero-order valence-electron chi connectivity index (χ0n) is 17.9. The van der Waals surface area contributed by atoms with E-state index in [1.54, 1.807) is 10.8 Å². The van der Waals surface area contributed by atoms with Gasteiger partial charge in [-0.3, -0.25) is 14.7 Å². The molecule has 0 bridgehead atoms. The summed E-state index contributed by atoms with van der Waals surface area (Å²) in [6.07, 6.45) is 8.84. The van der Waals surface area contributed by atoms with Gasteiger partial charge in [-0.1, -0.05) is 25.7 Å². The van der Waals surface area contributed by atoms with Gasteiger partial charge in [0.1, 0.15) is 17.9 Å². The summed E-state index contributed by atoms with van der Waals surface area (Å²) in [5.74, 6) is 0.245. The molecule has 0 amide bonds. The number of hydrogen-bond donors (Lipinski definition) is 1. The quantitative estimate of drug-likeness (QED) is 0.713. The van der Waals surface area contributed by atoms with Gasteiger partial charge >= 0.3 is 6.18 Å². The summed E-state index contributed by atoms with van der Waals surface area (Å²) in [6, 6.07) is 0. The molecule has 2 aromatic heterocycles. The van der Waals surface area contributed by atoms with E-state index in [0.717, 1.165) is 85.5 Å². The molecular weight excluding hydrogens is 405 g/mol. The molecule has 8 heteroatoms. The SMILES string of the molecule is O=c1c2c(c3cnn(CC(F)(F)F)c3n1[C@@]1(C3CCCCCC3)CCCN1)CCCC2. The van der Waals surface area contributed by atoms with Crippen LogP contribution < -0.4 is 10.9 Å². The third kappa shape index (κ3) is 3.60. The van der Waals surface area contributed by atoms with Crippen molar-refractivity contribution in [1.29, 1.82) is 0 Å². The molecule has 1 N–H and O–H groups in total. The van der Waals surface area contributed by atoms with Crippen molar-refractivity contribution in [1.82, 2.24) is 19.7 Å². The molecule has 0 unspecified atom stereocenters. The maximum absolute atomic E-state index is 14.0. The molecule has 3 aliphatic rings. The van der Waals surface area contributed by atoms with Gasteiger partial charge in [0, 0.05) is 10.9 Å². The Hall–Kier alpha value is -1.83. The Balaban J connectivity index is 1.79. The fraction of sp³-hybridized carbons (Fsp3) is 0.739. The van der Waals surface area contributed by atoms with E-state index in [2.05, 4.69) is 10.4 Å². The molecule has 1 saturated heterocycles. The highest BCUT2D eigenvalue weighted by atomic mass is 19.4. The van der Waals surface area contributed by atoms with Crippen molar-refractivity contribution in [2.45, 2.75) is 95.4 Å². The van der Waals surface area contributed by atoms with Crippen LogP contribution >= 0.6 is 0 Å². The Kier molecular flexibility index (Phi) is 5.39. The molecular formula is C23H31F3N4O. The van der Waals surface area contributed by atoms with Crippen LogP contribution in [0.3, 0.4) is 0 Å². The smallest absolute Gasteiger partial charge is 0.294 e. The molecule has 3 heterocycles. The molecule has 1 aliphatic heterocycles. The number of alkyl halides is 3. The molecule has 31 heavy (non-hydrogen) atoms. The molecule has 170 valence electrons. The van der Waals surface area contributed by atoms with E-state index in [1.165, 1.54) is 12.8 Å². The van der Waals surface area contributed by atoms with Gasteiger partial charge in [-0.15, -0.1) is 0 Å². The van der Waals surface area contributed by atoms with Crippen LogP contribution in [0.5, 0.6) is 0 Å². The standard InChI is InChI=1S/C23H31F3N4O/c24-23(25,26)15-29-20-19(14-28-29)17-10-5-6-11-18(17)21(31)30(20)22(12-7-13-27-22)16-8-3-1-2-4-9-16/h14,16,27H,1-13,15H2/t22-/m1/s1. The van der Waals surface area contributed by atoms with Gasteiger partial charge in [-0.25, -0.2) is 4.68 Å². The first-order valence-corrected chi connectivity index (χ1v) is 11.9. The molecule has 1 saturated carbocycles. The van der Waals surface area contributed by atoms with Gasteiger partial charge in [-0.2, -0.15) is 18.3 Å². The molecule has 5 nitrogen and oxygen atoms in total. The van der Waals surface area contributed by atoms with Crippen molar-refractivity contribution in [3.8, 4) is 0 Å². The van der Waals surface area contributed by atoms with Crippen LogP contribution in [-0.4, -0.2) is 27.1 Å². The predicted molar refractivity (Wildman–Crippen MR) is 113 cm³/mol. The lowest BCUT2D eigenvalue weighted by atomic mass is 9.83. The number of pyridine rings is 1. The Bertz CT molecular complexity index is 1010. The Morgan fingerprint density at radius 3 is 2.39 bits per heavy atom. The van der Waals surface area contributed by atoms with E-state index >= 15 is 0 Å². The predicted octanol–water partition coefficient (Wildman–Crippen LogP) is 4.65. The van der Waals surface area contributed by atoms with Crippen molar-refractivity contribution in [2.75, 3.05) is 6.54 Å². The number of aryl methyl sites for hydroxylation is 1. The minimum atomic E-state index is -4.39. The van der Waals surface area contributed by atoms with Crippen LogP contribution in [-0.2, 0) is 25.0 Å². The minimum absolute atomic E-state index is 0.0928. The molecule has 0 radical (unpaired) electrons. The van der Waals surface area contributed by atoms with Gasteiger partial charge in [0.15, 0.2) is 0 Å². The molecule has 0 spiro atoms. The number of fused-ring (bicyclic) bond motifs is 3. The van der Waals surface area contributed by atoms with E-state index < -0.39 is 18.4 Å². The lowest BCUT2D eigenvalue weighted by Crippen LogP contribution is -2.54. The van der Waals surface area contributed by atoms with Crippen LogP contribution in [0.1, 0.15) is 75.3 Å². The summed E-state index contributed by atoms with van der Waals surface area (Å²) in [5.41, 5.74) is 1.37. The van der Waals surface area contributed by atoms with Gasteiger partial charge in [0.25, 0.3) is 5.56 Å². The summed E-state index contributed by atoms with van der Waals surface area (Å²) in [4.78, 5) is 14.0. The second-order valence-electron chi connectivity index (χ2n) is 9.60. The van der Waals surface area contributed by atoms with E-state index in [0.29, 0.717) is 12.1 Å². The van der Waals surface area contributed by atoms with Crippen LogP contribution in [0.2, 0.25) is 0 Å². The van der Waals surface area contributed by atoms with Crippen molar-refractivity contribution in [2.24, 2.45) is 5.92 Å². The zero-order valence-corrected chi connectivity index (χ0v) is 17.9. The Morgan fingerprint density at radius 1 is 1.03 bits per heavy atom. The minimum Gasteiger partial charge on any atom is -0.294 e. The fourth-order valence-corrected chi connectivity index (χ4v) is 6.38. The maximum Gasteiger partial charge on any atom is 0.408 e. The van der Waals surface area contributed by atoms with Crippen molar-refractivity contribution < 1.29 is 13.2 Å². The average Bonchev–Trinajstić information content (AvgIpc) is 3.28. The number of halogens is 3. The van der Waals surface area contributed by atoms with Gasteiger partial charge in [-0.05, 0) is 69.4 Å². The van der Waals surface area contributed by atoms with Gasteiger partial charge in [0.2, 0.25) is 0 Å². The number of rotatable bonds is 3. The topological polar surface area (TPSA) is 51.9 Å². The number of hydrogen-bond acceptors (Lipinski definition) is 3. The fourth-order valence-electron chi connectivity index (χ4n) is 6.38. The second kappa shape index (κ2) is 7.94. The van der Waals surface area contributed by atoms with Crippen LogP contribution in [0.15, 0.2) is 11.0 Å². The molecule has 5 rings (SSSR count). The second-order valence-corrected chi connectivity index (χ2v) is 9.60. The first-order chi connectivity index (χ1) is 14.9. The molecule has 2 fully saturated rings. The number of nitrogens with zero attached hydrogens (tertiary/aromatic N) is 3. The van der Waals surface area contributed by atoms with E-state index in [1.807, 2.05) is 0 Å². The first kappa shape index (κ1) is 21.0. The molecule has 0 aromatic carbocycles. The van der Waals surface area contributed by atoms with E-state index in [-0.39, 0.29) is 11.5 Å². The van der Waals surface area contributed by atoms with Gasteiger partial charge in [0.05, 0.1) is 6.20 Å². The lowest BCUT2D eigenvalue weighted by Gasteiger charge is -2.41. The average molecular weight is 437 g/mol. The molecule has 2 aliphatic carbocycles. The lowest BCUT2D eigenvalue weighted by molar-refractivity contribution is -0.142. The zero-order chi connectivity index (χ0) is 21.6. The van der Waals surface area contributed by atoms with Crippen molar-refractivity contribution >= 4 is 11.0 Å². The molecule has 2 aromatic rings. The summed E-state index contributed by atoms with van der Waals surface area (Å²) in [5, 5.41) is 8.55. The summed E-state index contributed by atoms with van der Waals surface area (Å²) < 4.78 is 43.1. The molecule has 1 atom stereocenters. The Labute approximate surface area is 180 Å². The van der Waals surface area contributed by atoms with Crippen LogP contribution in [0.25, 0.3) is 11.0 Å². The highest BCUT2D eigenvalue weighted by Crippen LogP contribution is 2.42. The summed E-state index contributed by atoms with van der Waals surface area (Å²) in [6.45, 7) is -0.385.